The molecule has 0 aromatic carbocycles. The molecule has 1 N–H and O–H groups in total. The van der Waals surface area contributed by atoms with Gasteiger partial charge in [-0.25, -0.2) is 0 Å². The van der Waals surface area contributed by atoms with E-state index >= 15 is 0 Å². The van der Waals surface area contributed by atoms with Gasteiger partial charge in [0.15, 0.2) is 0 Å². The largest absolute Gasteiger partial charge is 0.338 e. The highest BCUT2D eigenvalue weighted by Crippen LogP contribution is 2.27. The number of pyridine rings is 1. The van der Waals surface area contributed by atoms with E-state index in [1.54, 1.807) is 0 Å². The molecular weight excluding hydrogens is 240 g/mol. The third-order valence-corrected chi connectivity index (χ3v) is 3.21. The van der Waals surface area contributed by atoms with Crippen molar-refractivity contribution in [3.05, 3.63) is 29.4 Å². The van der Waals surface area contributed by atoms with Crippen LogP contribution in [0.25, 0.3) is 11.4 Å². The van der Waals surface area contributed by atoms with Crippen LogP contribution in [0.5, 0.6) is 0 Å². The third-order valence-electron chi connectivity index (χ3n) is 3.21. The Morgan fingerprint density at radius 3 is 2.63 bits per heavy atom. The quantitative estimate of drug-likeness (QED) is 0.891. The van der Waals surface area contributed by atoms with Crippen LogP contribution in [0.1, 0.15) is 30.1 Å². The van der Waals surface area contributed by atoms with E-state index in [2.05, 4.69) is 20.4 Å². The Balaban J connectivity index is 1.68. The molecule has 2 heterocycles. The van der Waals surface area contributed by atoms with E-state index < -0.39 is 0 Å². The Morgan fingerprint density at radius 1 is 1.21 bits per heavy atom. The van der Waals surface area contributed by atoms with Crippen molar-refractivity contribution in [1.82, 2.24) is 20.4 Å². The number of aryl methyl sites for hydroxylation is 2. The summed E-state index contributed by atoms with van der Waals surface area (Å²) in [6.07, 6.45) is 2.69. The molecule has 0 aliphatic heterocycles. The van der Waals surface area contributed by atoms with Crippen LogP contribution in [0.2, 0.25) is 0 Å². The maximum Gasteiger partial charge on any atom is 0.240 e. The summed E-state index contributed by atoms with van der Waals surface area (Å²) in [4.78, 5) is 8.76. The lowest BCUT2D eigenvalue weighted by Crippen LogP contribution is -2.16. The summed E-state index contributed by atoms with van der Waals surface area (Å²) in [6.45, 7) is 5.63. The summed E-state index contributed by atoms with van der Waals surface area (Å²) in [5, 5.41) is 7.37. The van der Waals surface area contributed by atoms with Gasteiger partial charge in [-0.05, 0) is 51.3 Å². The topological polar surface area (TPSA) is 63.8 Å². The maximum atomic E-state index is 5.26. The van der Waals surface area contributed by atoms with Crippen molar-refractivity contribution in [3.63, 3.8) is 0 Å². The summed E-state index contributed by atoms with van der Waals surface area (Å²) in [6, 6.07) is 3.94. The van der Waals surface area contributed by atoms with Gasteiger partial charge < -0.3 is 9.84 Å². The summed E-state index contributed by atoms with van der Waals surface area (Å²) in [7, 11) is 0. The van der Waals surface area contributed by atoms with E-state index in [4.69, 9.17) is 4.52 Å². The predicted molar refractivity (Wildman–Crippen MR) is 71.4 cm³/mol. The molecule has 5 nitrogen and oxygen atoms in total. The van der Waals surface area contributed by atoms with Crippen LogP contribution >= 0.6 is 0 Å². The van der Waals surface area contributed by atoms with Crippen molar-refractivity contribution < 1.29 is 4.52 Å². The van der Waals surface area contributed by atoms with Gasteiger partial charge in [-0.3, -0.25) is 4.98 Å². The van der Waals surface area contributed by atoms with Crippen LogP contribution in [0.15, 0.2) is 16.7 Å². The number of rotatable bonds is 5. The summed E-state index contributed by atoms with van der Waals surface area (Å²) >= 11 is 0. The van der Waals surface area contributed by atoms with Gasteiger partial charge in [0.1, 0.15) is 0 Å². The molecule has 0 radical (unpaired) electrons. The highest BCUT2D eigenvalue weighted by molar-refractivity contribution is 5.55. The van der Waals surface area contributed by atoms with Gasteiger partial charge in [-0.15, -0.1) is 0 Å². The molecule has 0 spiro atoms. The first-order valence-corrected chi connectivity index (χ1v) is 6.69. The molecule has 1 fully saturated rings. The molecule has 0 atom stereocenters. The molecule has 0 amide bonds. The van der Waals surface area contributed by atoms with Gasteiger partial charge >= 0.3 is 0 Å². The molecule has 1 aliphatic rings. The van der Waals surface area contributed by atoms with E-state index in [1.807, 2.05) is 26.0 Å². The van der Waals surface area contributed by atoms with Crippen molar-refractivity contribution >= 4 is 0 Å². The first kappa shape index (κ1) is 12.3. The zero-order valence-corrected chi connectivity index (χ0v) is 11.3. The molecule has 5 heteroatoms. The third kappa shape index (κ3) is 3.17. The Morgan fingerprint density at radius 2 is 1.95 bits per heavy atom. The minimum absolute atomic E-state index is 0.636. The highest BCUT2D eigenvalue weighted by atomic mass is 16.5. The minimum atomic E-state index is 0.636. The molecule has 0 unspecified atom stereocenters. The van der Waals surface area contributed by atoms with Crippen LogP contribution in [0.3, 0.4) is 0 Å². The fourth-order valence-corrected chi connectivity index (χ4v) is 2.11. The van der Waals surface area contributed by atoms with Crippen LogP contribution in [-0.2, 0) is 6.54 Å². The zero-order valence-electron chi connectivity index (χ0n) is 11.3. The van der Waals surface area contributed by atoms with E-state index in [9.17, 15) is 0 Å². The van der Waals surface area contributed by atoms with Crippen LogP contribution in [0.4, 0.5) is 0 Å². The predicted octanol–water partition coefficient (Wildman–Crippen LogP) is 2.25. The normalized spacial score (nSPS) is 14.8. The first-order chi connectivity index (χ1) is 9.20. The molecular formula is C14H18N4O. The lowest BCUT2D eigenvalue weighted by atomic mass is 10.2. The molecule has 100 valence electrons. The van der Waals surface area contributed by atoms with Crippen molar-refractivity contribution in [2.75, 3.05) is 6.54 Å². The minimum Gasteiger partial charge on any atom is -0.338 e. The van der Waals surface area contributed by atoms with E-state index in [0.717, 1.165) is 29.4 Å². The summed E-state index contributed by atoms with van der Waals surface area (Å²) in [5.74, 6) is 2.13. The van der Waals surface area contributed by atoms with Gasteiger partial charge in [0.05, 0.1) is 6.54 Å². The summed E-state index contributed by atoms with van der Waals surface area (Å²) in [5.41, 5.74) is 2.89. The molecule has 3 rings (SSSR count). The SMILES string of the molecule is Cc1cc(-c2noc(CNCC3CC3)n2)cc(C)n1. The second-order valence-electron chi connectivity index (χ2n) is 5.22. The van der Waals surface area contributed by atoms with E-state index in [-0.39, 0.29) is 0 Å². The number of nitrogens with zero attached hydrogens (tertiary/aromatic N) is 3. The fraction of sp³-hybridized carbons (Fsp3) is 0.500. The Kier molecular flexibility index (Phi) is 3.29. The van der Waals surface area contributed by atoms with Crippen molar-refractivity contribution in [3.8, 4) is 11.4 Å². The Hall–Kier alpha value is -1.75. The number of nitrogens with one attached hydrogen (secondary N) is 1. The average molecular weight is 258 g/mol. The lowest BCUT2D eigenvalue weighted by Gasteiger charge is -1.99. The van der Waals surface area contributed by atoms with E-state index in [1.165, 1.54) is 12.8 Å². The van der Waals surface area contributed by atoms with Crippen LogP contribution in [0, 0.1) is 19.8 Å². The van der Waals surface area contributed by atoms with E-state index in [0.29, 0.717) is 18.3 Å². The average Bonchev–Trinajstić information content (AvgIpc) is 3.04. The first-order valence-electron chi connectivity index (χ1n) is 6.69. The van der Waals surface area contributed by atoms with Crippen molar-refractivity contribution in [1.29, 1.82) is 0 Å². The number of hydrogen-bond donors (Lipinski definition) is 1. The Labute approximate surface area is 112 Å². The number of hydrogen-bond acceptors (Lipinski definition) is 5. The second kappa shape index (κ2) is 5.09. The van der Waals surface area contributed by atoms with Gasteiger partial charge in [0.2, 0.25) is 11.7 Å². The van der Waals surface area contributed by atoms with Gasteiger partial charge in [-0.2, -0.15) is 4.98 Å². The molecule has 2 aromatic rings. The van der Waals surface area contributed by atoms with Crippen LogP contribution < -0.4 is 5.32 Å². The van der Waals surface area contributed by atoms with Gasteiger partial charge in [0, 0.05) is 17.0 Å². The smallest absolute Gasteiger partial charge is 0.240 e. The summed E-state index contributed by atoms with van der Waals surface area (Å²) < 4.78 is 5.26. The lowest BCUT2D eigenvalue weighted by molar-refractivity contribution is 0.367. The maximum absolute atomic E-state index is 5.26. The molecule has 1 saturated carbocycles. The van der Waals surface area contributed by atoms with Crippen molar-refractivity contribution in [2.24, 2.45) is 5.92 Å². The van der Waals surface area contributed by atoms with Gasteiger partial charge in [0.25, 0.3) is 0 Å². The monoisotopic (exact) mass is 258 g/mol. The molecule has 19 heavy (non-hydrogen) atoms. The number of aromatic nitrogens is 3. The zero-order chi connectivity index (χ0) is 13.2. The highest BCUT2D eigenvalue weighted by Gasteiger charge is 2.20. The standard InChI is InChI=1S/C14H18N4O/c1-9-5-12(6-10(2)16-9)14-17-13(19-18-14)8-15-7-11-3-4-11/h5-6,11,15H,3-4,7-8H2,1-2H3. The molecule has 0 saturated heterocycles. The molecule has 2 aromatic heterocycles. The van der Waals surface area contributed by atoms with Gasteiger partial charge in [-0.1, -0.05) is 5.16 Å². The van der Waals surface area contributed by atoms with Crippen LogP contribution in [-0.4, -0.2) is 21.7 Å². The molecule has 1 aliphatic carbocycles. The Bertz CT molecular complexity index is 554. The fourth-order valence-electron chi connectivity index (χ4n) is 2.11. The second-order valence-corrected chi connectivity index (χ2v) is 5.22. The molecule has 0 bridgehead atoms. The van der Waals surface area contributed by atoms with Crippen molar-refractivity contribution in [2.45, 2.75) is 33.2 Å².